The summed E-state index contributed by atoms with van der Waals surface area (Å²) in [5.41, 5.74) is 18.8. The van der Waals surface area contributed by atoms with Crippen molar-refractivity contribution in [3.63, 3.8) is 0 Å². The van der Waals surface area contributed by atoms with Crippen molar-refractivity contribution in [2.45, 2.75) is 44.7 Å². The number of ether oxygens (including phenoxy) is 1. The van der Waals surface area contributed by atoms with Crippen LogP contribution in [0.15, 0.2) is 65.2 Å². The number of carbonyl (C=O) groups is 2. The minimum absolute atomic E-state index is 0.00891. The molecule has 1 aliphatic rings. The summed E-state index contributed by atoms with van der Waals surface area (Å²) < 4.78 is 5.78. The third-order valence-electron chi connectivity index (χ3n) is 5.51. The van der Waals surface area contributed by atoms with Crippen molar-refractivity contribution in [2.75, 3.05) is 0 Å². The zero-order valence-electron chi connectivity index (χ0n) is 19.1. The van der Waals surface area contributed by atoms with Crippen molar-refractivity contribution in [1.29, 1.82) is 0 Å². The fourth-order valence-electron chi connectivity index (χ4n) is 3.81. The molecule has 7 N–H and O–H groups in total. The van der Waals surface area contributed by atoms with E-state index in [9.17, 15) is 9.59 Å². The van der Waals surface area contributed by atoms with Gasteiger partial charge in [0.1, 0.15) is 22.9 Å². The fraction of sp³-hybridized carbons (Fsp3) is 0.269. The maximum atomic E-state index is 12.2. The highest BCUT2D eigenvalue weighted by atomic mass is 16.5. The third-order valence-corrected chi connectivity index (χ3v) is 5.51. The van der Waals surface area contributed by atoms with Crippen molar-refractivity contribution in [1.82, 2.24) is 5.32 Å². The first-order valence-corrected chi connectivity index (χ1v) is 11.1. The van der Waals surface area contributed by atoms with Gasteiger partial charge in [0.25, 0.3) is 11.8 Å². The second-order valence-corrected chi connectivity index (χ2v) is 7.96. The third kappa shape index (κ3) is 6.62. The van der Waals surface area contributed by atoms with Crippen LogP contribution in [0.2, 0.25) is 0 Å². The van der Waals surface area contributed by atoms with Gasteiger partial charge in [-0.05, 0) is 80.5 Å². The van der Waals surface area contributed by atoms with Crippen molar-refractivity contribution in [3.05, 3.63) is 65.7 Å². The number of amidine groups is 1. The highest BCUT2D eigenvalue weighted by molar-refractivity contribution is 6.24. The number of nitrogens with two attached hydrogens (primary N) is 3. The topological polar surface area (TPSA) is 146 Å². The Labute approximate surface area is 199 Å². The van der Waals surface area contributed by atoms with Crippen LogP contribution in [0.25, 0.3) is 5.70 Å². The lowest BCUT2D eigenvalue weighted by molar-refractivity contribution is -0.116. The molecule has 0 aliphatic heterocycles. The van der Waals surface area contributed by atoms with Crippen molar-refractivity contribution in [3.8, 4) is 23.3 Å². The SMILES string of the molecule is CC#CC(=O)NC1CCC(N=C(N)C(C(N)=O)=C(N)c2ccc(Oc3ccccc3)cc2)CC1. The Morgan fingerprint density at radius 3 is 2.15 bits per heavy atom. The molecule has 1 saturated carbocycles. The fourth-order valence-corrected chi connectivity index (χ4v) is 3.81. The average Bonchev–Trinajstić information content (AvgIpc) is 2.81. The molecule has 8 nitrogen and oxygen atoms in total. The largest absolute Gasteiger partial charge is 0.457 e. The van der Waals surface area contributed by atoms with E-state index in [4.69, 9.17) is 21.9 Å². The summed E-state index contributed by atoms with van der Waals surface area (Å²) in [5, 5.41) is 2.89. The minimum Gasteiger partial charge on any atom is -0.457 e. The molecule has 0 spiro atoms. The van der Waals surface area contributed by atoms with Gasteiger partial charge in [0, 0.05) is 6.04 Å². The number of amides is 2. The van der Waals surface area contributed by atoms with Crippen LogP contribution < -0.4 is 27.3 Å². The van der Waals surface area contributed by atoms with E-state index in [0.29, 0.717) is 29.9 Å². The molecule has 0 heterocycles. The van der Waals surface area contributed by atoms with Gasteiger partial charge in [-0.2, -0.15) is 0 Å². The van der Waals surface area contributed by atoms with Crippen LogP contribution in [0.4, 0.5) is 0 Å². The second kappa shape index (κ2) is 11.6. The molecule has 176 valence electrons. The van der Waals surface area contributed by atoms with Gasteiger partial charge in [0.2, 0.25) is 0 Å². The van der Waals surface area contributed by atoms with Crippen LogP contribution in [0, 0.1) is 11.8 Å². The lowest BCUT2D eigenvalue weighted by Crippen LogP contribution is -2.38. The molecule has 0 unspecified atom stereocenters. The number of nitrogens with zero attached hydrogens (tertiary/aromatic N) is 1. The van der Waals surface area contributed by atoms with E-state index >= 15 is 0 Å². The molecule has 8 heteroatoms. The molecule has 0 atom stereocenters. The van der Waals surface area contributed by atoms with E-state index < -0.39 is 5.91 Å². The zero-order chi connectivity index (χ0) is 24.5. The monoisotopic (exact) mass is 459 g/mol. The van der Waals surface area contributed by atoms with E-state index in [0.717, 1.165) is 12.8 Å². The van der Waals surface area contributed by atoms with E-state index in [1.807, 2.05) is 30.3 Å². The molecule has 0 saturated heterocycles. The number of hydrogen-bond donors (Lipinski definition) is 4. The number of para-hydroxylation sites is 1. The molecular formula is C26H29N5O3. The van der Waals surface area contributed by atoms with Crippen molar-refractivity contribution in [2.24, 2.45) is 22.2 Å². The molecule has 0 radical (unpaired) electrons. The molecule has 3 rings (SSSR count). The van der Waals surface area contributed by atoms with Crippen LogP contribution in [0.5, 0.6) is 11.5 Å². The summed E-state index contributed by atoms with van der Waals surface area (Å²) in [7, 11) is 0. The van der Waals surface area contributed by atoms with Gasteiger partial charge < -0.3 is 27.3 Å². The summed E-state index contributed by atoms with van der Waals surface area (Å²) >= 11 is 0. The molecule has 34 heavy (non-hydrogen) atoms. The van der Waals surface area contributed by atoms with Gasteiger partial charge in [-0.1, -0.05) is 24.1 Å². The number of hydrogen-bond acceptors (Lipinski definition) is 5. The number of benzene rings is 2. The van der Waals surface area contributed by atoms with E-state index in [1.165, 1.54) is 0 Å². The van der Waals surface area contributed by atoms with E-state index in [2.05, 4.69) is 22.2 Å². The normalized spacial score (nSPS) is 18.7. The Hall–Kier alpha value is -4.25. The van der Waals surface area contributed by atoms with Gasteiger partial charge >= 0.3 is 0 Å². The van der Waals surface area contributed by atoms with Crippen LogP contribution >= 0.6 is 0 Å². The van der Waals surface area contributed by atoms with Gasteiger partial charge in [0.05, 0.1) is 11.7 Å². The van der Waals surface area contributed by atoms with E-state index in [1.54, 1.807) is 31.2 Å². The van der Waals surface area contributed by atoms with Gasteiger partial charge in [-0.15, -0.1) is 0 Å². The second-order valence-electron chi connectivity index (χ2n) is 7.96. The summed E-state index contributed by atoms with van der Waals surface area (Å²) in [5.74, 6) is 5.39. The maximum Gasteiger partial charge on any atom is 0.296 e. The Kier molecular flexibility index (Phi) is 8.30. The Bertz CT molecular complexity index is 1140. The van der Waals surface area contributed by atoms with Crippen LogP contribution in [0.3, 0.4) is 0 Å². The molecule has 2 aromatic carbocycles. The number of primary amides is 1. The Morgan fingerprint density at radius 2 is 1.56 bits per heavy atom. The first kappa shape index (κ1) is 24.4. The lowest BCUT2D eigenvalue weighted by Gasteiger charge is -2.26. The van der Waals surface area contributed by atoms with Gasteiger partial charge in [-0.3, -0.25) is 14.6 Å². The molecule has 1 aliphatic carbocycles. The summed E-state index contributed by atoms with van der Waals surface area (Å²) in [6, 6.07) is 16.3. The molecule has 0 bridgehead atoms. The number of aliphatic imine (C=N–C) groups is 1. The predicted molar refractivity (Wildman–Crippen MR) is 133 cm³/mol. The Morgan fingerprint density at radius 1 is 0.941 bits per heavy atom. The number of rotatable bonds is 7. The van der Waals surface area contributed by atoms with Crippen molar-refractivity contribution < 1.29 is 14.3 Å². The summed E-state index contributed by atoms with van der Waals surface area (Å²) in [6.07, 6.45) is 2.91. The van der Waals surface area contributed by atoms with Crippen molar-refractivity contribution >= 4 is 23.3 Å². The summed E-state index contributed by atoms with van der Waals surface area (Å²) in [6.45, 7) is 1.62. The molecular weight excluding hydrogens is 430 g/mol. The first-order chi connectivity index (χ1) is 16.4. The standard InChI is InChI=1S/C26H29N5O3/c1-2-6-22(32)30-18-11-13-19(14-12-18)31-25(28)23(26(29)33)24(27)17-9-15-21(16-10-17)34-20-7-4-3-5-8-20/h3-5,7-10,15-16,18-19H,11-14,27H2,1H3,(H2,28,31)(H2,29,33)(H,30,32). The first-order valence-electron chi connectivity index (χ1n) is 11.1. The highest BCUT2D eigenvalue weighted by Gasteiger charge is 2.24. The Balaban J connectivity index is 1.70. The number of carbonyl (C=O) groups excluding carboxylic acids is 2. The minimum atomic E-state index is -0.748. The predicted octanol–water partition coefficient (Wildman–Crippen LogP) is 2.44. The van der Waals surface area contributed by atoms with Gasteiger partial charge in [-0.25, -0.2) is 0 Å². The van der Waals surface area contributed by atoms with Crippen LogP contribution in [0.1, 0.15) is 38.2 Å². The molecule has 2 aromatic rings. The maximum absolute atomic E-state index is 12.2. The zero-order valence-corrected chi connectivity index (χ0v) is 19.1. The lowest BCUT2D eigenvalue weighted by atomic mass is 9.91. The van der Waals surface area contributed by atoms with E-state index in [-0.39, 0.29) is 35.1 Å². The summed E-state index contributed by atoms with van der Waals surface area (Å²) in [4.78, 5) is 28.3. The molecule has 0 aromatic heterocycles. The van der Waals surface area contributed by atoms with Crippen LogP contribution in [-0.4, -0.2) is 29.7 Å². The van der Waals surface area contributed by atoms with Gasteiger partial charge in [0.15, 0.2) is 0 Å². The average molecular weight is 460 g/mol. The quantitative estimate of drug-likeness (QED) is 0.217. The smallest absolute Gasteiger partial charge is 0.296 e. The van der Waals surface area contributed by atoms with Crippen LogP contribution in [-0.2, 0) is 9.59 Å². The highest BCUT2D eigenvalue weighted by Crippen LogP contribution is 2.25. The molecule has 2 amide bonds. The number of nitrogens with one attached hydrogen (secondary N) is 1. The molecule has 1 fully saturated rings.